The highest BCUT2D eigenvalue weighted by atomic mass is 32.1. The minimum Gasteiger partial charge on any atom is -0.480 e. The molecule has 0 radical (unpaired) electrons. The monoisotopic (exact) mass is 636 g/mol. The van der Waals surface area contributed by atoms with E-state index < -0.39 is 24.0 Å². The first-order chi connectivity index (χ1) is 22.0. The number of carbonyl (C=O) groups excluding carboxylic acids is 2. The van der Waals surface area contributed by atoms with Gasteiger partial charge in [-0.15, -0.1) is 11.3 Å². The molecule has 9 heteroatoms. The molecule has 2 amide bonds. The van der Waals surface area contributed by atoms with E-state index in [1.807, 2.05) is 42.7 Å². The maximum Gasteiger partial charge on any atom is 0.325 e. The van der Waals surface area contributed by atoms with Gasteiger partial charge in [0, 0.05) is 34.8 Å². The second-order valence-corrected chi connectivity index (χ2v) is 13.9. The van der Waals surface area contributed by atoms with Crippen molar-refractivity contribution in [3.63, 3.8) is 0 Å². The second-order valence-electron chi connectivity index (χ2n) is 12.8. The molecule has 3 N–H and O–H groups in total. The number of aromatic nitrogens is 2. The number of aliphatic carboxylic acids is 1. The van der Waals surface area contributed by atoms with Crippen LogP contribution in [0, 0.1) is 0 Å². The van der Waals surface area contributed by atoms with Gasteiger partial charge in [0.05, 0.1) is 4.88 Å². The van der Waals surface area contributed by atoms with E-state index in [1.165, 1.54) is 29.4 Å². The summed E-state index contributed by atoms with van der Waals surface area (Å²) >= 11 is 1.38. The molecule has 5 rings (SSSR count). The largest absolute Gasteiger partial charge is 0.480 e. The first-order valence-corrected chi connectivity index (χ1v) is 16.4. The highest BCUT2D eigenvalue weighted by Crippen LogP contribution is 2.36. The predicted molar refractivity (Wildman–Crippen MR) is 182 cm³/mol. The summed E-state index contributed by atoms with van der Waals surface area (Å²) in [6.07, 6.45) is 9.32. The summed E-state index contributed by atoms with van der Waals surface area (Å²) in [7, 11) is 0. The summed E-state index contributed by atoms with van der Waals surface area (Å²) in [5.41, 5.74) is 5.21. The first-order valence-electron chi connectivity index (χ1n) is 15.6. The fourth-order valence-electron chi connectivity index (χ4n) is 5.47. The summed E-state index contributed by atoms with van der Waals surface area (Å²) in [6, 6.07) is 19.8. The molecule has 238 valence electrons. The summed E-state index contributed by atoms with van der Waals surface area (Å²) in [6.45, 7) is 7.61. The van der Waals surface area contributed by atoms with Crippen LogP contribution in [0.15, 0.2) is 85.2 Å². The highest BCUT2D eigenvalue weighted by molar-refractivity contribution is 7.14. The lowest BCUT2D eigenvalue weighted by atomic mass is 9.83. The van der Waals surface area contributed by atoms with Crippen LogP contribution in [-0.4, -0.2) is 44.9 Å². The zero-order valence-electron chi connectivity index (χ0n) is 26.6. The van der Waals surface area contributed by atoms with E-state index in [0.717, 1.165) is 40.8 Å². The van der Waals surface area contributed by atoms with Crippen molar-refractivity contribution in [1.82, 2.24) is 20.6 Å². The van der Waals surface area contributed by atoms with E-state index in [1.54, 1.807) is 6.07 Å². The van der Waals surface area contributed by atoms with Crippen molar-refractivity contribution in [2.24, 2.45) is 0 Å². The molecule has 3 atom stereocenters. The van der Waals surface area contributed by atoms with Crippen LogP contribution < -0.4 is 10.6 Å². The molecule has 8 nitrogen and oxygen atoms in total. The van der Waals surface area contributed by atoms with Crippen molar-refractivity contribution >= 4 is 34.7 Å². The number of rotatable bonds is 10. The van der Waals surface area contributed by atoms with E-state index in [9.17, 15) is 19.5 Å². The van der Waals surface area contributed by atoms with Gasteiger partial charge < -0.3 is 15.7 Å². The van der Waals surface area contributed by atoms with Gasteiger partial charge in [-0.3, -0.25) is 14.4 Å². The van der Waals surface area contributed by atoms with Crippen LogP contribution in [0.2, 0.25) is 0 Å². The molecule has 0 aliphatic heterocycles. The number of allylic oxidation sites excluding steroid dienone is 2. The molecule has 0 bridgehead atoms. The molecule has 4 aromatic rings. The third-order valence-corrected chi connectivity index (χ3v) is 9.79. The normalized spacial score (nSPS) is 16.2. The number of carboxylic acid groups (broad SMARTS) is 1. The Hall–Kier alpha value is -4.63. The number of thiophene rings is 1. The Morgan fingerprint density at radius 2 is 1.63 bits per heavy atom. The zero-order valence-corrected chi connectivity index (χ0v) is 27.4. The van der Waals surface area contributed by atoms with Gasteiger partial charge in [-0.25, -0.2) is 9.97 Å². The van der Waals surface area contributed by atoms with Crippen molar-refractivity contribution < 1.29 is 19.5 Å². The van der Waals surface area contributed by atoms with Crippen molar-refractivity contribution in [3.8, 4) is 11.4 Å². The third kappa shape index (κ3) is 8.14. The van der Waals surface area contributed by atoms with Crippen molar-refractivity contribution in [1.29, 1.82) is 0 Å². The Kier molecular flexibility index (Phi) is 10.1. The lowest BCUT2D eigenvalue weighted by Gasteiger charge is -2.22. The van der Waals surface area contributed by atoms with Crippen LogP contribution >= 0.6 is 11.3 Å². The molecule has 2 aromatic heterocycles. The Labute approximate surface area is 274 Å². The van der Waals surface area contributed by atoms with Crippen molar-refractivity contribution in [3.05, 3.63) is 112 Å². The van der Waals surface area contributed by atoms with E-state index >= 15 is 0 Å². The maximum atomic E-state index is 13.2. The average Bonchev–Trinajstić information content (AvgIpc) is 3.57. The molecular weight excluding hydrogens is 596 g/mol. The van der Waals surface area contributed by atoms with E-state index in [-0.39, 0.29) is 17.7 Å². The number of nitrogens with one attached hydrogen (secondary N) is 2. The first kappa shape index (κ1) is 32.8. The van der Waals surface area contributed by atoms with E-state index in [2.05, 4.69) is 77.8 Å². The topological polar surface area (TPSA) is 121 Å². The zero-order chi connectivity index (χ0) is 32.8. The van der Waals surface area contributed by atoms with Gasteiger partial charge >= 0.3 is 5.97 Å². The van der Waals surface area contributed by atoms with Gasteiger partial charge in [0.2, 0.25) is 5.91 Å². The van der Waals surface area contributed by atoms with Gasteiger partial charge in [0.25, 0.3) is 5.91 Å². The number of amides is 2. The molecule has 1 unspecified atom stereocenters. The Morgan fingerprint density at radius 1 is 0.935 bits per heavy atom. The minimum atomic E-state index is -1.15. The number of carbonyl (C=O) groups is 3. The van der Waals surface area contributed by atoms with Gasteiger partial charge in [0.1, 0.15) is 12.1 Å². The molecule has 1 aliphatic rings. The summed E-state index contributed by atoms with van der Waals surface area (Å²) in [5.74, 6) is -0.958. The fraction of sp³-hybridized carbons (Fsp3) is 0.324. The van der Waals surface area contributed by atoms with Gasteiger partial charge in [-0.1, -0.05) is 81.4 Å². The number of benzene rings is 2. The summed E-state index contributed by atoms with van der Waals surface area (Å²) in [4.78, 5) is 48.5. The van der Waals surface area contributed by atoms with Crippen molar-refractivity contribution in [2.75, 3.05) is 0 Å². The van der Waals surface area contributed by atoms with Crippen molar-refractivity contribution in [2.45, 2.75) is 76.8 Å². The molecular formula is C37H40N4O4S. The van der Waals surface area contributed by atoms with Crippen LogP contribution in [0.1, 0.15) is 84.1 Å². The van der Waals surface area contributed by atoms with Crippen LogP contribution in [0.4, 0.5) is 0 Å². The van der Waals surface area contributed by atoms with Crippen LogP contribution in [-0.2, 0) is 21.4 Å². The molecule has 0 spiro atoms. The molecule has 0 saturated heterocycles. The number of hydrogen-bond acceptors (Lipinski definition) is 6. The Morgan fingerprint density at radius 3 is 2.22 bits per heavy atom. The van der Waals surface area contributed by atoms with Crippen LogP contribution in [0.3, 0.4) is 0 Å². The second kappa shape index (κ2) is 14.2. The molecule has 2 heterocycles. The lowest BCUT2D eigenvalue weighted by molar-refractivity contribution is -0.141. The molecule has 2 aromatic carbocycles. The fourth-order valence-corrected chi connectivity index (χ4v) is 6.44. The lowest BCUT2D eigenvalue weighted by Crippen LogP contribution is -2.51. The van der Waals surface area contributed by atoms with Gasteiger partial charge in [-0.2, -0.15) is 0 Å². The Balaban J connectivity index is 1.26. The molecule has 1 aliphatic carbocycles. The van der Waals surface area contributed by atoms with E-state index in [4.69, 9.17) is 0 Å². The Bertz CT molecular complexity index is 1710. The van der Waals surface area contributed by atoms with Gasteiger partial charge in [0.15, 0.2) is 5.82 Å². The maximum absolute atomic E-state index is 13.2. The average molecular weight is 637 g/mol. The molecule has 46 heavy (non-hydrogen) atoms. The summed E-state index contributed by atoms with van der Waals surface area (Å²) < 4.78 is 0. The standard InChI is InChI=1S/C37H40N4O4S/c1-23(36(44)45)40-34(42)30(41-35(43)31-18-19-32(46-31)37(2,3)4)20-24-10-12-28(13-11-24)33-38-21-29(22-39-33)27-16-14-26(15-17-27)25-8-6-5-7-9-25/h5-13,16,18-19,21-23,26,30H,14-15,17,20H2,1-4H3,(H,40,42)(H,41,43)(H,44,45)/t23-,26?,30+/m1/s1. The number of nitrogens with zero attached hydrogens (tertiary/aromatic N) is 2. The van der Waals surface area contributed by atoms with Crippen LogP contribution in [0.5, 0.6) is 0 Å². The quantitative estimate of drug-likeness (QED) is 0.176. The smallest absolute Gasteiger partial charge is 0.325 e. The molecule has 0 fully saturated rings. The number of hydrogen-bond donors (Lipinski definition) is 3. The van der Waals surface area contributed by atoms with Gasteiger partial charge in [-0.05, 0) is 66.4 Å². The highest BCUT2D eigenvalue weighted by Gasteiger charge is 2.27. The van der Waals surface area contributed by atoms with E-state index in [0.29, 0.717) is 16.6 Å². The minimum absolute atomic E-state index is 0.109. The summed E-state index contributed by atoms with van der Waals surface area (Å²) in [5, 5.41) is 14.6. The SMILES string of the molecule is C[C@@H](NC(=O)[C@H](Cc1ccc(-c2ncc(C3=CCC(c4ccccc4)CC3)cn2)cc1)NC(=O)c1ccc(C(C)(C)C)s1)C(=O)O. The predicted octanol–water partition coefficient (Wildman–Crippen LogP) is 6.78. The third-order valence-electron chi connectivity index (χ3n) is 8.28. The van der Waals surface area contributed by atoms with Crippen LogP contribution in [0.25, 0.3) is 17.0 Å². The molecule has 0 saturated carbocycles. The number of carboxylic acids is 1.